The van der Waals surface area contributed by atoms with Gasteiger partial charge in [0.2, 0.25) is 5.82 Å². The molecule has 0 aliphatic rings. The number of nitrogens with zero attached hydrogens (tertiary/aromatic N) is 4. The van der Waals surface area contributed by atoms with Crippen molar-refractivity contribution >= 4 is 23.2 Å². The van der Waals surface area contributed by atoms with Crippen molar-refractivity contribution in [2.45, 2.75) is 33.1 Å². The Morgan fingerprint density at radius 3 is 2.68 bits per heavy atom. The normalized spacial score (nSPS) is 11.0. The fraction of sp³-hybridized carbons (Fsp3) is 0.316. The number of hydrogen-bond acceptors (Lipinski definition) is 6. The first-order valence-corrected chi connectivity index (χ1v) is 9.73. The van der Waals surface area contributed by atoms with Crippen LogP contribution in [0.15, 0.2) is 29.6 Å². The molecule has 146 valence electrons. The van der Waals surface area contributed by atoms with Crippen molar-refractivity contribution in [3.8, 4) is 5.69 Å². The van der Waals surface area contributed by atoms with Crippen molar-refractivity contribution in [3.63, 3.8) is 0 Å². The summed E-state index contributed by atoms with van der Waals surface area (Å²) >= 11 is 1.25. The van der Waals surface area contributed by atoms with Gasteiger partial charge in [0.15, 0.2) is 5.69 Å². The Morgan fingerprint density at radius 1 is 1.25 bits per heavy atom. The van der Waals surface area contributed by atoms with Crippen LogP contribution in [-0.2, 0) is 6.42 Å². The number of carbonyl (C=O) groups is 2. The SMILES string of the molecule is Cc1nc(C(=O)NCCc2nc(C(=O)O)cs2)nn1-c1ccccc1C(C)C. The van der Waals surface area contributed by atoms with Crippen LogP contribution < -0.4 is 5.32 Å². The summed E-state index contributed by atoms with van der Waals surface area (Å²) in [6, 6.07) is 7.91. The Bertz CT molecular complexity index is 1010. The number of rotatable bonds is 7. The highest BCUT2D eigenvalue weighted by Gasteiger charge is 2.17. The van der Waals surface area contributed by atoms with Crippen LogP contribution >= 0.6 is 11.3 Å². The number of amides is 1. The predicted octanol–water partition coefficient (Wildman–Crippen LogP) is 2.83. The van der Waals surface area contributed by atoms with E-state index in [9.17, 15) is 9.59 Å². The lowest BCUT2D eigenvalue weighted by atomic mass is 10.0. The Balaban J connectivity index is 1.68. The summed E-state index contributed by atoms with van der Waals surface area (Å²) in [7, 11) is 0. The maximum Gasteiger partial charge on any atom is 0.355 e. The molecule has 0 fully saturated rings. The number of benzene rings is 1. The summed E-state index contributed by atoms with van der Waals surface area (Å²) in [6.07, 6.45) is 0.444. The summed E-state index contributed by atoms with van der Waals surface area (Å²) in [4.78, 5) is 31.5. The molecule has 0 aliphatic carbocycles. The average Bonchev–Trinajstić information content (AvgIpc) is 3.28. The van der Waals surface area contributed by atoms with Gasteiger partial charge in [0.25, 0.3) is 5.91 Å². The minimum Gasteiger partial charge on any atom is -0.476 e. The van der Waals surface area contributed by atoms with E-state index < -0.39 is 5.97 Å². The quantitative estimate of drug-likeness (QED) is 0.632. The maximum absolute atomic E-state index is 12.4. The molecule has 0 saturated heterocycles. The number of carbonyl (C=O) groups excluding carboxylic acids is 1. The zero-order valence-electron chi connectivity index (χ0n) is 15.8. The average molecular weight is 399 g/mol. The third-order valence-electron chi connectivity index (χ3n) is 4.15. The standard InChI is InChI=1S/C19H21N5O3S/c1-11(2)13-6-4-5-7-15(13)24-12(3)21-17(23-24)18(25)20-9-8-16-22-14(10-28-16)19(26)27/h4-7,10-11H,8-9H2,1-3H3,(H,20,25)(H,26,27). The van der Waals surface area contributed by atoms with Crippen molar-refractivity contribution in [1.82, 2.24) is 25.1 Å². The first-order valence-electron chi connectivity index (χ1n) is 8.85. The molecule has 0 aliphatic heterocycles. The number of aromatic carboxylic acids is 1. The predicted molar refractivity (Wildman–Crippen MR) is 105 cm³/mol. The smallest absolute Gasteiger partial charge is 0.355 e. The van der Waals surface area contributed by atoms with E-state index in [1.165, 1.54) is 16.7 Å². The van der Waals surface area contributed by atoms with Crippen molar-refractivity contribution in [1.29, 1.82) is 0 Å². The number of carboxylic acids is 1. The third kappa shape index (κ3) is 4.25. The van der Waals surface area contributed by atoms with Crippen LogP contribution in [0, 0.1) is 6.92 Å². The third-order valence-corrected chi connectivity index (χ3v) is 5.06. The van der Waals surface area contributed by atoms with Gasteiger partial charge >= 0.3 is 5.97 Å². The molecule has 0 unspecified atom stereocenters. The molecule has 0 radical (unpaired) electrons. The first kappa shape index (κ1) is 19.7. The molecule has 0 saturated carbocycles. The van der Waals surface area contributed by atoms with Crippen LogP contribution in [0.4, 0.5) is 0 Å². The van der Waals surface area contributed by atoms with Crippen LogP contribution in [0.3, 0.4) is 0 Å². The number of nitrogens with one attached hydrogen (secondary N) is 1. The van der Waals surface area contributed by atoms with Crippen molar-refractivity contribution in [2.75, 3.05) is 6.54 Å². The van der Waals surface area contributed by atoms with Crippen molar-refractivity contribution in [3.05, 3.63) is 57.6 Å². The molecular formula is C19H21N5O3S. The highest BCUT2D eigenvalue weighted by atomic mass is 32.1. The van der Waals surface area contributed by atoms with E-state index in [-0.39, 0.29) is 17.4 Å². The fourth-order valence-electron chi connectivity index (χ4n) is 2.77. The first-order chi connectivity index (χ1) is 13.4. The molecule has 9 heteroatoms. The Labute approximate surface area is 166 Å². The molecule has 2 aromatic heterocycles. The van der Waals surface area contributed by atoms with E-state index in [1.54, 1.807) is 4.68 Å². The van der Waals surface area contributed by atoms with E-state index in [2.05, 4.69) is 34.2 Å². The summed E-state index contributed by atoms with van der Waals surface area (Å²) in [5.74, 6) is -0.394. The van der Waals surface area contributed by atoms with E-state index in [0.29, 0.717) is 29.7 Å². The Morgan fingerprint density at radius 2 is 2.00 bits per heavy atom. The van der Waals surface area contributed by atoms with E-state index in [1.807, 2.05) is 31.2 Å². The fourth-order valence-corrected chi connectivity index (χ4v) is 3.54. The number of hydrogen-bond donors (Lipinski definition) is 2. The molecule has 28 heavy (non-hydrogen) atoms. The minimum atomic E-state index is -1.06. The number of carboxylic acid groups (broad SMARTS) is 1. The summed E-state index contributed by atoms with van der Waals surface area (Å²) in [5, 5.41) is 18.2. The van der Waals surface area contributed by atoms with Gasteiger partial charge in [-0.05, 0) is 24.5 Å². The Hall–Kier alpha value is -3.07. The number of aromatic nitrogens is 4. The lowest BCUT2D eigenvalue weighted by molar-refractivity contribution is 0.0690. The maximum atomic E-state index is 12.4. The summed E-state index contributed by atoms with van der Waals surface area (Å²) in [5.41, 5.74) is 2.05. The molecule has 0 spiro atoms. The monoisotopic (exact) mass is 399 g/mol. The second-order valence-electron chi connectivity index (χ2n) is 6.55. The van der Waals surface area contributed by atoms with Gasteiger partial charge in [0, 0.05) is 18.3 Å². The van der Waals surface area contributed by atoms with Gasteiger partial charge < -0.3 is 10.4 Å². The van der Waals surface area contributed by atoms with Gasteiger partial charge in [-0.1, -0.05) is 32.0 Å². The van der Waals surface area contributed by atoms with Crippen LogP contribution in [0.2, 0.25) is 0 Å². The largest absolute Gasteiger partial charge is 0.476 e. The molecule has 1 amide bonds. The molecule has 2 N–H and O–H groups in total. The molecule has 1 aromatic carbocycles. The topological polar surface area (TPSA) is 110 Å². The number of para-hydroxylation sites is 1. The van der Waals surface area contributed by atoms with Gasteiger partial charge in [-0.25, -0.2) is 19.4 Å². The molecular weight excluding hydrogens is 378 g/mol. The van der Waals surface area contributed by atoms with Gasteiger partial charge in [-0.15, -0.1) is 16.4 Å². The molecule has 0 atom stereocenters. The van der Waals surface area contributed by atoms with Crippen molar-refractivity contribution in [2.24, 2.45) is 0 Å². The Kier molecular flexibility index (Phi) is 5.84. The highest BCUT2D eigenvalue weighted by Crippen LogP contribution is 2.23. The van der Waals surface area contributed by atoms with E-state index in [0.717, 1.165) is 11.3 Å². The van der Waals surface area contributed by atoms with Crippen LogP contribution in [-0.4, -0.2) is 43.3 Å². The van der Waals surface area contributed by atoms with Gasteiger partial charge in [0.05, 0.1) is 10.7 Å². The zero-order chi connectivity index (χ0) is 20.3. The molecule has 8 nitrogen and oxygen atoms in total. The van der Waals surface area contributed by atoms with Crippen LogP contribution in [0.1, 0.15) is 57.3 Å². The minimum absolute atomic E-state index is 0.0196. The lowest BCUT2D eigenvalue weighted by Gasteiger charge is -2.12. The van der Waals surface area contributed by atoms with E-state index in [4.69, 9.17) is 5.11 Å². The summed E-state index contributed by atoms with van der Waals surface area (Å²) < 4.78 is 1.68. The van der Waals surface area contributed by atoms with Crippen molar-refractivity contribution < 1.29 is 14.7 Å². The van der Waals surface area contributed by atoms with E-state index >= 15 is 0 Å². The molecule has 3 rings (SSSR count). The molecule has 2 heterocycles. The van der Waals surface area contributed by atoms with Crippen LogP contribution in [0.5, 0.6) is 0 Å². The second-order valence-corrected chi connectivity index (χ2v) is 7.49. The van der Waals surface area contributed by atoms with Gasteiger partial charge in [-0.3, -0.25) is 4.79 Å². The molecule has 3 aromatic rings. The van der Waals surface area contributed by atoms with Gasteiger partial charge in [-0.2, -0.15) is 0 Å². The number of thiazole rings is 1. The summed E-state index contributed by atoms with van der Waals surface area (Å²) in [6.45, 7) is 6.34. The lowest BCUT2D eigenvalue weighted by Crippen LogP contribution is -2.27. The van der Waals surface area contributed by atoms with Gasteiger partial charge in [0.1, 0.15) is 5.82 Å². The molecule has 0 bridgehead atoms. The number of aryl methyl sites for hydroxylation is 1. The van der Waals surface area contributed by atoms with Crippen LogP contribution in [0.25, 0.3) is 5.69 Å². The zero-order valence-corrected chi connectivity index (χ0v) is 16.7. The highest BCUT2D eigenvalue weighted by molar-refractivity contribution is 7.09. The second kappa shape index (κ2) is 8.30.